The van der Waals surface area contributed by atoms with Crippen LogP contribution in [-0.4, -0.2) is 63.2 Å². The van der Waals surface area contributed by atoms with Crippen LogP contribution in [-0.2, 0) is 14.3 Å². The van der Waals surface area contributed by atoms with Crippen LogP contribution in [0.1, 0.15) is 6.42 Å². The Bertz CT molecular complexity index is 213. The Morgan fingerprint density at radius 2 is 2.38 bits per heavy atom. The molecule has 0 bridgehead atoms. The van der Waals surface area contributed by atoms with Crippen LogP contribution in [0.2, 0.25) is 0 Å². The van der Waals surface area contributed by atoms with Crippen LogP contribution in [0, 0.1) is 0 Å². The Kier molecular flexibility index (Phi) is 6.32. The zero-order chi connectivity index (χ0) is 11.8. The van der Waals surface area contributed by atoms with Crippen LogP contribution in [0.5, 0.6) is 0 Å². The van der Waals surface area contributed by atoms with Gasteiger partial charge in [-0.15, -0.1) is 0 Å². The second-order valence-corrected chi connectivity index (χ2v) is 3.68. The van der Waals surface area contributed by atoms with Crippen molar-refractivity contribution in [1.29, 1.82) is 0 Å². The molecule has 3 N–H and O–H groups in total. The Balaban J connectivity index is 2.06. The van der Waals surface area contributed by atoms with Crippen molar-refractivity contribution in [3.8, 4) is 0 Å². The first-order valence-electron chi connectivity index (χ1n) is 5.50. The van der Waals surface area contributed by atoms with Gasteiger partial charge in [-0.2, -0.15) is 0 Å². The number of nitrogens with one attached hydrogen (secondary N) is 2. The fourth-order valence-electron chi connectivity index (χ4n) is 1.62. The summed E-state index contributed by atoms with van der Waals surface area (Å²) in [6, 6.07) is -0.164. The van der Waals surface area contributed by atoms with Crippen LogP contribution in [0.3, 0.4) is 0 Å². The quantitative estimate of drug-likeness (QED) is 0.465. The van der Waals surface area contributed by atoms with Gasteiger partial charge in [0.2, 0.25) is 5.91 Å². The van der Waals surface area contributed by atoms with Gasteiger partial charge in [0.05, 0.1) is 32.0 Å². The van der Waals surface area contributed by atoms with E-state index in [0.717, 1.165) is 6.54 Å². The molecule has 94 valence electrons. The lowest BCUT2D eigenvalue weighted by Crippen LogP contribution is -2.41. The maximum atomic E-state index is 11.6. The lowest BCUT2D eigenvalue weighted by atomic mass is 10.2. The molecule has 2 atom stereocenters. The smallest absolute Gasteiger partial charge is 0.237 e. The minimum Gasteiger partial charge on any atom is -0.394 e. The van der Waals surface area contributed by atoms with Crippen molar-refractivity contribution in [2.45, 2.75) is 18.6 Å². The van der Waals surface area contributed by atoms with Gasteiger partial charge in [-0.25, -0.2) is 0 Å². The molecule has 0 radical (unpaired) electrons. The van der Waals surface area contributed by atoms with Gasteiger partial charge in [-0.05, 0) is 6.42 Å². The Morgan fingerprint density at radius 1 is 1.56 bits per heavy atom. The summed E-state index contributed by atoms with van der Waals surface area (Å²) in [5.41, 5.74) is 0. The third-order valence-electron chi connectivity index (χ3n) is 2.52. The summed E-state index contributed by atoms with van der Waals surface area (Å²) in [5.74, 6) is -0.0212. The number of hydrogen-bond acceptors (Lipinski definition) is 5. The fourth-order valence-corrected chi connectivity index (χ4v) is 1.62. The highest BCUT2D eigenvalue weighted by molar-refractivity contribution is 5.82. The molecule has 0 aliphatic carbocycles. The van der Waals surface area contributed by atoms with Crippen molar-refractivity contribution in [2.24, 2.45) is 0 Å². The second kappa shape index (κ2) is 7.56. The SMILES string of the molecule is COC1CNC(C(=O)NCCOCCO)C1. The van der Waals surface area contributed by atoms with E-state index in [1.807, 2.05) is 0 Å². The van der Waals surface area contributed by atoms with Crippen molar-refractivity contribution in [2.75, 3.05) is 40.0 Å². The third kappa shape index (κ3) is 4.44. The monoisotopic (exact) mass is 232 g/mol. The van der Waals surface area contributed by atoms with E-state index in [2.05, 4.69) is 10.6 Å². The number of rotatable bonds is 7. The highest BCUT2D eigenvalue weighted by Crippen LogP contribution is 2.09. The van der Waals surface area contributed by atoms with Crippen molar-refractivity contribution in [1.82, 2.24) is 10.6 Å². The Hall–Kier alpha value is -0.690. The summed E-state index contributed by atoms with van der Waals surface area (Å²) in [5, 5.41) is 14.3. The first-order chi connectivity index (χ1) is 7.77. The van der Waals surface area contributed by atoms with Gasteiger partial charge < -0.3 is 25.2 Å². The number of hydrogen-bond donors (Lipinski definition) is 3. The second-order valence-electron chi connectivity index (χ2n) is 3.68. The summed E-state index contributed by atoms with van der Waals surface area (Å²) in [6.45, 7) is 1.92. The summed E-state index contributed by atoms with van der Waals surface area (Å²) < 4.78 is 10.2. The zero-order valence-corrected chi connectivity index (χ0v) is 9.57. The summed E-state index contributed by atoms with van der Waals surface area (Å²) in [6.07, 6.45) is 0.834. The summed E-state index contributed by atoms with van der Waals surface area (Å²) in [4.78, 5) is 11.6. The molecule has 1 saturated heterocycles. The van der Waals surface area contributed by atoms with E-state index in [1.165, 1.54) is 0 Å². The first kappa shape index (κ1) is 13.4. The summed E-state index contributed by atoms with van der Waals surface area (Å²) in [7, 11) is 1.65. The lowest BCUT2D eigenvalue weighted by molar-refractivity contribution is -0.123. The largest absolute Gasteiger partial charge is 0.394 e. The average Bonchev–Trinajstić information content (AvgIpc) is 2.77. The molecule has 2 unspecified atom stereocenters. The number of aliphatic hydroxyl groups is 1. The van der Waals surface area contributed by atoms with Crippen molar-refractivity contribution < 1.29 is 19.4 Å². The average molecular weight is 232 g/mol. The van der Waals surface area contributed by atoms with E-state index in [-0.39, 0.29) is 24.7 Å². The molecule has 6 nitrogen and oxygen atoms in total. The third-order valence-corrected chi connectivity index (χ3v) is 2.52. The minimum absolute atomic E-state index is 0.00759. The molecule has 1 aliphatic rings. The van der Waals surface area contributed by atoms with E-state index in [9.17, 15) is 4.79 Å². The van der Waals surface area contributed by atoms with Gasteiger partial charge in [0.1, 0.15) is 0 Å². The molecular weight excluding hydrogens is 212 g/mol. The van der Waals surface area contributed by atoms with Crippen molar-refractivity contribution >= 4 is 5.91 Å². The van der Waals surface area contributed by atoms with E-state index < -0.39 is 0 Å². The van der Waals surface area contributed by atoms with Gasteiger partial charge in [-0.1, -0.05) is 0 Å². The molecular formula is C10H20N2O4. The predicted molar refractivity (Wildman–Crippen MR) is 58.1 cm³/mol. The van der Waals surface area contributed by atoms with Gasteiger partial charge in [0.25, 0.3) is 0 Å². The molecule has 16 heavy (non-hydrogen) atoms. The maximum Gasteiger partial charge on any atom is 0.237 e. The van der Waals surface area contributed by atoms with Crippen LogP contribution in [0.15, 0.2) is 0 Å². The predicted octanol–water partition coefficient (Wildman–Crippen LogP) is -1.51. The molecule has 6 heteroatoms. The standard InChI is InChI=1S/C10H20N2O4/c1-15-8-6-9(12-7-8)10(14)11-2-4-16-5-3-13/h8-9,12-13H,2-7H2,1H3,(H,11,14). The van der Waals surface area contributed by atoms with Crippen molar-refractivity contribution in [3.05, 3.63) is 0 Å². The topological polar surface area (TPSA) is 79.8 Å². The Labute approximate surface area is 95.3 Å². The summed E-state index contributed by atoms with van der Waals surface area (Å²) >= 11 is 0. The normalized spacial score (nSPS) is 24.6. The fraction of sp³-hybridized carbons (Fsp3) is 0.900. The van der Waals surface area contributed by atoms with E-state index in [1.54, 1.807) is 7.11 Å². The van der Waals surface area contributed by atoms with Gasteiger partial charge >= 0.3 is 0 Å². The van der Waals surface area contributed by atoms with Gasteiger partial charge in [0, 0.05) is 20.2 Å². The number of ether oxygens (including phenoxy) is 2. The number of aliphatic hydroxyl groups excluding tert-OH is 1. The number of methoxy groups -OCH3 is 1. The van der Waals surface area contributed by atoms with Crippen molar-refractivity contribution in [3.63, 3.8) is 0 Å². The van der Waals surface area contributed by atoms with Crippen LogP contribution < -0.4 is 10.6 Å². The molecule has 1 amide bonds. The minimum atomic E-state index is -0.164. The Morgan fingerprint density at radius 3 is 3.00 bits per heavy atom. The molecule has 1 rings (SSSR count). The molecule has 1 heterocycles. The van der Waals surface area contributed by atoms with Crippen LogP contribution in [0.4, 0.5) is 0 Å². The first-order valence-corrected chi connectivity index (χ1v) is 5.50. The molecule has 0 aromatic heterocycles. The van der Waals surface area contributed by atoms with Gasteiger partial charge in [0.15, 0.2) is 0 Å². The maximum absolute atomic E-state index is 11.6. The molecule has 0 spiro atoms. The van der Waals surface area contributed by atoms with E-state index in [4.69, 9.17) is 14.6 Å². The molecule has 1 aliphatic heterocycles. The molecule has 1 fully saturated rings. The van der Waals surface area contributed by atoms with Crippen LogP contribution >= 0.6 is 0 Å². The lowest BCUT2D eigenvalue weighted by Gasteiger charge is -2.11. The zero-order valence-electron chi connectivity index (χ0n) is 9.57. The molecule has 0 aromatic carbocycles. The number of carbonyl (C=O) groups is 1. The van der Waals surface area contributed by atoms with E-state index in [0.29, 0.717) is 26.2 Å². The highest BCUT2D eigenvalue weighted by atomic mass is 16.5. The van der Waals surface area contributed by atoms with Crippen LogP contribution in [0.25, 0.3) is 0 Å². The van der Waals surface area contributed by atoms with Gasteiger partial charge in [-0.3, -0.25) is 4.79 Å². The molecule has 0 aromatic rings. The van der Waals surface area contributed by atoms with E-state index >= 15 is 0 Å². The highest BCUT2D eigenvalue weighted by Gasteiger charge is 2.28. The number of amides is 1. The molecule has 0 saturated carbocycles. The number of carbonyl (C=O) groups excluding carboxylic acids is 1.